The van der Waals surface area contributed by atoms with E-state index in [9.17, 15) is 0 Å². The fourth-order valence-electron chi connectivity index (χ4n) is 1.91. The van der Waals surface area contributed by atoms with Crippen molar-refractivity contribution in [3.63, 3.8) is 0 Å². The molecule has 0 unspecified atom stereocenters. The Morgan fingerprint density at radius 1 is 1.18 bits per heavy atom. The van der Waals surface area contributed by atoms with E-state index in [2.05, 4.69) is 27.7 Å². The average Bonchev–Trinajstić information content (AvgIpc) is 1.85. The molecule has 1 aliphatic rings. The molecule has 1 atom stereocenters. The molecule has 0 aromatic heterocycles. The molecule has 1 nitrogen and oxygen atoms in total. The van der Waals surface area contributed by atoms with Gasteiger partial charge in [-0.2, -0.15) is 0 Å². The molecule has 0 bridgehead atoms. The third-order valence-corrected chi connectivity index (χ3v) is 2.76. The first-order valence-electron chi connectivity index (χ1n) is 4.68. The number of ether oxygens (including phenoxy) is 1. The molecule has 0 N–H and O–H groups in total. The predicted molar refractivity (Wildman–Crippen MR) is 47.7 cm³/mol. The van der Waals surface area contributed by atoms with Gasteiger partial charge in [0.15, 0.2) is 0 Å². The molecular weight excluding hydrogens is 136 g/mol. The minimum atomic E-state index is 0.114. The van der Waals surface area contributed by atoms with Gasteiger partial charge in [0.05, 0.1) is 11.2 Å². The molecule has 0 amide bonds. The Balaban J connectivity index is 2.59. The summed E-state index contributed by atoms with van der Waals surface area (Å²) in [5, 5.41) is 0. The van der Waals surface area contributed by atoms with Crippen molar-refractivity contribution in [2.75, 3.05) is 0 Å². The summed E-state index contributed by atoms with van der Waals surface area (Å²) in [6.45, 7) is 8.83. The van der Waals surface area contributed by atoms with Gasteiger partial charge in [0.2, 0.25) is 0 Å². The van der Waals surface area contributed by atoms with Gasteiger partial charge < -0.3 is 4.74 Å². The van der Waals surface area contributed by atoms with Gasteiger partial charge in [0, 0.05) is 0 Å². The monoisotopic (exact) mass is 156 g/mol. The third-order valence-electron chi connectivity index (χ3n) is 2.76. The molecule has 1 saturated heterocycles. The normalized spacial score (nSPS) is 37.1. The van der Waals surface area contributed by atoms with Crippen LogP contribution in [0.4, 0.5) is 0 Å². The van der Waals surface area contributed by atoms with Crippen LogP contribution in [0.3, 0.4) is 0 Å². The van der Waals surface area contributed by atoms with Crippen LogP contribution in [-0.2, 0) is 4.74 Å². The standard InChI is InChI=1S/C10H20O/c1-5-10(4)8-6-7-9(2,3)11-10/h5-8H2,1-4H3/t10-/m1/s1. The van der Waals surface area contributed by atoms with Crippen molar-refractivity contribution in [3.05, 3.63) is 0 Å². The van der Waals surface area contributed by atoms with Crippen molar-refractivity contribution >= 4 is 0 Å². The van der Waals surface area contributed by atoms with Crippen LogP contribution in [0.5, 0.6) is 0 Å². The van der Waals surface area contributed by atoms with Crippen LogP contribution in [0.15, 0.2) is 0 Å². The number of rotatable bonds is 1. The highest BCUT2D eigenvalue weighted by Gasteiger charge is 2.35. The zero-order valence-corrected chi connectivity index (χ0v) is 8.24. The van der Waals surface area contributed by atoms with E-state index in [0.717, 1.165) is 6.42 Å². The molecule has 0 aromatic rings. The van der Waals surface area contributed by atoms with E-state index in [1.54, 1.807) is 0 Å². The Hall–Kier alpha value is -0.0400. The summed E-state index contributed by atoms with van der Waals surface area (Å²) < 4.78 is 6.01. The Morgan fingerprint density at radius 3 is 2.18 bits per heavy atom. The zero-order valence-electron chi connectivity index (χ0n) is 8.24. The molecule has 0 spiro atoms. The van der Waals surface area contributed by atoms with Crippen molar-refractivity contribution in [2.45, 2.75) is 64.6 Å². The summed E-state index contributed by atoms with van der Waals surface area (Å²) in [4.78, 5) is 0. The highest BCUT2D eigenvalue weighted by Crippen LogP contribution is 2.36. The van der Waals surface area contributed by atoms with Gasteiger partial charge in [-0.25, -0.2) is 0 Å². The maximum atomic E-state index is 6.01. The first-order valence-corrected chi connectivity index (χ1v) is 4.68. The number of hydrogen-bond acceptors (Lipinski definition) is 1. The second-order valence-corrected chi connectivity index (χ2v) is 4.52. The quantitative estimate of drug-likeness (QED) is 0.566. The molecule has 0 aromatic carbocycles. The zero-order chi connectivity index (χ0) is 8.54. The molecule has 0 aliphatic carbocycles. The van der Waals surface area contributed by atoms with Crippen LogP contribution in [0.2, 0.25) is 0 Å². The van der Waals surface area contributed by atoms with E-state index in [-0.39, 0.29) is 11.2 Å². The largest absolute Gasteiger partial charge is 0.369 e. The lowest BCUT2D eigenvalue weighted by Crippen LogP contribution is -2.42. The van der Waals surface area contributed by atoms with Crippen molar-refractivity contribution in [2.24, 2.45) is 0 Å². The second kappa shape index (κ2) is 2.78. The first-order chi connectivity index (χ1) is 4.97. The Labute approximate surface area is 70.1 Å². The predicted octanol–water partition coefficient (Wildman–Crippen LogP) is 3.13. The number of hydrogen-bond donors (Lipinski definition) is 0. The van der Waals surface area contributed by atoms with E-state index in [1.165, 1.54) is 19.3 Å². The van der Waals surface area contributed by atoms with Gasteiger partial charge in [0.25, 0.3) is 0 Å². The van der Waals surface area contributed by atoms with E-state index in [4.69, 9.17) is 4.74 Å². The van der Waals surface area contributed by atoms with E-state index in [1.807, 2.05) is 0 Å². The smallest absolute Gasteiger partial charge is 0.0659 e. The Kier molecular flexibility index (Phi) is 2.29. The molecule has 1 fully saturated rings. The van der Waals surface area contributed by atoms with Crippen LogP contribution in [0.1, 0.15) is 53.4 Å². The van der Waals surface area contributed by atoms with Crippen molar-refractivity contribution in [1.29, 1.82) is 0 Å². The lowest BCUT2D eigenvalue weighted by molar-refractivity contribution is -0.165. The van der Waals surface area contributed by atoms with Gasteiger partial charge in [-0.15, -0.1) is 0 Å². The third kappa shape index (κ3) is 2.19. The summed E-state index contributed by atoms with van der Waals surface area (Å²) in [6, 6.07) is 0. The van der Waals surface area contributed by atoms with E-state index in [0.29, 0.717) is 0 Å². The Bertz CT molecular complexity index is 140. The molecule has 0 radical (unpaired) electrons. The highest BCUT2D eigenvalue weighted by atomic mass is 16.5. The van der Waals surface area contributed by atoms with Crippen LogP contribution >= 0.6 is 0 Å². The van der Waals surface area contributed by atoms with Crippen LogP contribution < -0.4 is 0 Å². The highest BCUT2D eigenvalue weighted by molar-refractivity contribution is 4.85. The maximum Gasteiger partial charge on any atom is 0.0659 e. The summed E-state index contributed by atoms with van der Waals surface area (Å²) in [6.07, 6.45) is 4.89. The lowest BCUT2D eigenvalue weighted by atomic mass is 9.86. The molecular formula is C10H20O. The SMILES string of the molecule is CC[C@]1(C)CCCC(C)(C)O1. The van der Waals surface area contributed by atoms with Gasteiger partial charge in [0.1, 0.15) is 0 Å². The van der Waals surface area contributed by atoms with Gasteiger partial charge in [-0.1, -0.05) is 6.92 Å². The summed E-state index contributed by atoms with van der Waals surface area (Å²) in [7, 11) is 0. The van der Waals surface area contributed by atoms with Crippen molar-refractivity contribution < 1.29 is 4.74 Å². The molecule has 1 rings (SSSR count). The fourth-order valence-corrected chi connectivity index (χ4v) is 1.91. The minimum Gasteiger partial charge on any atom is -0.369 e. The van der Waals surface area contributed by atoms with Gasteiger partial charge in [-0.05, 0) is 46.5 Å². The molecule has 66 valence electrons. The summed E-state index contributed by atoms with van der Waals surface area (Å²) >= 11 is 0. The van der Waals surface area contributed by atoms with Crippen molar-refractivity contribution in [3.8, 4) is 0 Å². The summed E-state index contributed by atoms with van der Waals surface area (Å²) in [5.41, 5.74) is 0.269. The van der Waals surface area contributed by atoms with E-state index < -0.39 is 0 Å². The van der Waals surface area contributed by atoms with Crippen LogP contribution in [0.25, 0.3) is 0 Å². The lowest BCUT2D eigenvalue weighted by Gasteiger charge is -2.43. The van der Waals surface area contributed by atoms with Gasteiger partial charge in [-0.3, -0.25) is 0 Å². The molecule has 0 saturated carbocycles. The molecule has 1 aliphatic heterocycles. The first kappa shape index (κ1) is 9.05. The van der Waals surface area contributed by atoms with Crippen LogP contribution in [-0.4, -0.2) is 11.2 Å². The average molecular weight is 156 g/mol. The minimum absolute atomic E-state index is 0.114. The maximum absolute atomic E-state index is 6.01. The second-order valence-electron chi connectivity index (χ2n) is 4.52. The molecule has 1 heterocycles. The van der Waals surface area contributed by atoms with E-state index >= 15 is 0 Å². The van der Waals surface area contributed by atoms with Gasteiger partial charge >= 0.3 is 0 Å². The van der Waals surface area contributed by atoms with Crippen molar-refractivity contribution in [1.82, 2.24) is 0 Å². The topological polar surface area (TPSA) is 9.23 Å². The molecule has 1 heteroatoms. The molecule has 11 heavy (non-hydrogen) atoms. The Morgan fingerprint density at radius 2 is 1.82 bits per heavy atom. The fraction of sp³-hybridized carbons (Fsp3) is 1.00. The van der Waals surface area contributed by atoms with Crippen LogP contribution in [0, 0.1) is 0 Å². The summed E-state index contributed by atoms with van der Waals surface area (Å²) in [5.74, 6) is 0.